The maximum atomic E-state index is 11.9. The molecular formula is C17H17BrN4O. The van der Waals surface area contributed by atoms with Gasteiger partial charge in [-0.1, -0.05) is 46.3 Å². The maximum absolute atomic E-state index is 11.9. The van der Waals surface area contributed by atoms with Gasteiger partial charge in [0.15, 0.2) is 5.82 Å². The number of carbonyl (C=O) groups is 1. The number of nitrogens with zero attached hydrogens (tertiary/aromatic N) is 3. The lowest BCUT2D eigenvalue weighted by atomic mass is 10.0. The second kappa shape index (κ2) is 5.92. The van der Waals surface area contributed by atoms with Gasteiger partial charge in [-0.25, -0.2) is 4.68 Å². The van der Waals surface area contributed by atoms with Crippen LogP contribution in [0.2, 0.25) is 0 Å². The number of nitrogens with one attached hydrogen (secondary N) is 1. The lowest BCUT2D eigenvalue weighted by Gasteiger charge is -2.20. The lowest BCUT2D eigenvalue weighted by molar-refractivity contribution is -0.117. The quantitative estimate of drug-likeness (QED) is 0.835. The van der Waals surface area contributed by atoms with Crippen molar-refractivity contribution in [1.82, 2.24) is 14.8 Å². The monoisotopic (exact) mass is 372 g/mol. The fourth-order valence-corrected chi connectivity index (χ4v) is 3.17. The molecule has 6 heteroatoms. The average Bonchev–Trinajstić information content (AvgIpc) is 3.35. The molecule has 0 radical (unpaired) electrons. The van der Waals surface area contributed by atoms with E-state index in [1.54, 1.807) is 0 Å². The van der Waals surface area contributed by atoms with E-state index in [1.165, 1.54) is 11.1 Å². The Morgan fingerprint density at radius 2 is 2.09 bits per heavy atom. The summed E-state index contributed by atoms with van der Waals surface area (Å²) in [5.41, 5.74) is 2.45. The molecule has 1 fully saturated rings. The SMILES string of the molecule is O=C(Nc1nc2n(n1)C(c1ccc(CBr)cc1)CC=C2)C1CC1. The van der Waals surface area contributed by atoms with Crippen LogP contribution in [-0.2, 0) is 10.1 Å². The number of halogens is 1. The van der Waals surface area contributed by atoms with E-state index in [1.807, 2.05) is 10.8 Å². The predicted molar refractivity (Wildman–Crippen MR) is 92.2 cm³/mol. The van der Waals surface area contributed by atoms with Crippen molar-refractivity contribution in [1.29, 1.82) is 0 Å². The third-order valence-corrected chi connectivity index (χ3v) is 4.93. The fourth-order valence-electron chi connectivity index (χ4n) is 2.80. The Bertz CT molecular complexity index is 761. The van der Waals surface area contributed by atoms with E-state index >= 15 is 0 Å². The minimum Gasteiger partial charge on any atom is -0.293 e. The van der Waals surface area contributed by atoms with Crippen molar-refractivity contribution in [2.45, 2.75) is 30.6 Å². The topological polar surface area (TPSA) is 59.8 Å². The van der Waals surface area contributed by atoms with Crippen LogP contribution < -0.4 is 5.32 Å². The van der Waals surface area contributed by atoms with Gasteiger partial charge in [-0.05, 0) is 36.5 Å². The molecular weight excluding hydrogens is 356 g/mol. The average molecular weight is 373 g/mol. The molecule has 118 valence electrons. The van der Waals surface area contributed by atoms with Crippen LogP contribution >= 0.6 is 15.9 Å². The summed E-state index contributed by atoms with van der Waals surface area (Å²) < 4.78 is 1.91. The summed E-state index contributed by atoms with van der Waals surface area (Å²) in [6, 6.07) is 8.63. The molecule has 1 atom stereocenters. The van der Waals surface area contributed by atoms with Crippen molar-refractivity contribution in [3.8, 4) is 0 Å². The van der Waals surface area contributed by atoms with E-state index in [-0.39, 0.29) is 17.9 Å². The minimum atomic E-state index is 0.0372. The van der Waals surface area contributed by atoms with E-state index in [0.29, 0.717) is 5.95 Å². The zero-order chi connectivity index (χ0) is 15.8. The van der Waals surface area contributed by atoms with Crippen molar-refractivity contribution in [3.05, 3.63) is 47.3 Å². The number of rotatable bonds is 4. The lowest BCUT2D eigenvalue weighted by Crippen LogP contribution is -2.17. The van der Waals surface area contributed by atoms with E-state index in [9.17, 15) is 4.79 Å². The number of hydrogen-bond donors (Lipinski definition) is 1. The highest BCUT2D eigenvalue weighted by Crippen LogP contribution is 2.31. The van der Waals surface area contributed by atoms with Gasteiger partial charge in [0, 0.05) is 11.2 Å². The van der Waals surface area contributed by atoms with Gasteiger partial charge in [-0.3, -0.25) is 10.1 Å². The molecule has 5 nitrogen and oxygen atoms in total. The molecule has 1 aliphatic heterocycles. The van der Waals surface area contributed by atoms with Gasteiger partial charge >= 0.3 is 0 Å². The maximum Gasteiger partial charge on any atom is 0.249 e. The summed E-state index contributed by atoms with van der Waals surface area (Å²) >= 11 is 3.47. The summed E-state index contributed by atoms with van der Waals surface area (Å²) in [5, 5.41) is 8.19. The third kappa shape index (κ3) is 2.95. The van der Waals surface area contributed by atoms with Crippen LogP contribution in [0.15, 0.2) is 30.3 Å². The Labute approximate surface area is 142 Å². The normalized spacial score (nSPS) is 19.4. The summed E-state index contributed by atoms with van der Waals surface area (Å²) in [6.45, 7) is 0. The van der Waals surface area contributed by atoms with Crippen LogP contribution in [0.25, 0.3) is 6.08 Å². The number of amides is 1. The second-order valence-corrected chi connectivity index (χ2v) is 6.59. The summed E-state index contributed by atoms with van der Waals surface area (Å²) in [6.07, 6.45) is 6.90. The van der Waals surface area contributed by atoms with E-state index in [4.69, 9.17) is 0 Å². The number of allylic oxidation sites excluding steroid dienone is 1. The van der Waals surface area contributed by atoms with Crippen molar-refractivity contribution < 1.29 is 4.79 Å². The van der Waals surface area contributed by atoms with Crippen molar-refractivity contribution >= 4 is 33.9 Å². The highest BCUT2D eigenvalue weighted by atomic mass is 79.9. The summed E-state index contributed by atoms with van der Waals surface area (Å²) in [5.74, 6) is 1.39. The van der Waals surface area contributed by atoms with Crippen LogP contribution in [-0.4, -0.2) is 20.7 Å². The van der Waals surface area contributed by atoms with Crippen LogP contribution in [0.4, 0.5) is 5.95 Å². The Balaban J connectivity index is 1.60. The number of alkyl halides is 1. The molecule has 1 unspecified atom stereocenters. The summed E-state index contributed by atoms with van der Waals surface area (Å²) in [4.78, 5) is 16.3. The Morgan fingerprint density at radius 3 is 2.78 bits per heavy atom. The second-order valence-electron chi connectivity index (χ2n) is 6.03. The van der Waals surface area contributed by atoms with Crippen LogP contribution in [0.5, 0.6) is 0 Å². The third-order valence-electron chi connectivity index (χ3n) is 4.28. The first kappa shape index (κ1) is 14.6. The number of aromatic nitrogens is 3. The molecule has 1 aromatic carbocycles. The molecule has 2 heterocycles. The van der Waals surface area contributed by atoms with Gasteiger partial charge in [0.25, 0.3) is 0 Å². The standard InChI is InChI=1S/C17H17BrN4O/c18-10-11-4-6-12(7-5-11)14-2-1-3-15-19-17(21-22(14)15)20-16(23)13-8-9-13/h1,3-7,13-14H,2,8-10H2,(H,20,21,23). The van der Waals surface area contributed by atoms with Gasteiger partial charge in [-0.2, -0.15) is 4.98 Å². The van der Waals surface area contributed by atoms with Crippen LogP contribution in [0.1, 0.15) is 42.3 Å². The zero-order valence-electron chi connectivity index (χ0n) is 12.6. The summed E-state index contributed by atoms with van der Waals surface area (Å²) in [7, 11) is 0. The molecule has 1 aromatic heterocycles. The molecule has 0 spiro atoms. The van der Waals surface area contributed by atoms with Gasteiger partial charge in [0.2, 0.25) is 11.9 Å². The van der Waals surface area contributed by atoms with Crippen LogP contribution in [0.3, 0.4) is 0 Å². The van der Waals surface area contributed by atoms with Crippen molar-refractivity contribution in [2.24, 2.45) is 5.92 Å². The Hall–Kier alpha value is -1.95. The van der Waals surface area contributed by atoms with Gasteiger partial charge < -0.3 is 0 Å². The highest BCUT2D eigenvalue weighted by Gasteiger charge is 2.31. The van der Waals surface area contributed by atoms with Gasteiger partial charge in [0.1, 0.15) is 0 Å². The molecule has 4 rings (SSSR count). The minimum absolute atomic E-state index is 0.0372. The van der Waals surface area contributed by atoms with Crippen molar-refractivity contribution in [2.75, 3.05) is 5.32 Å². The number of hydrogen-bond acceptors (Lipinski definition) is 3. The first-order valence-electron chi connectivity index (χ1n) is 7.83. The molecule has 1 amide bonds. The Kier molecular flexibility index (Phi) is 3.77. The zero-order valence-corrected chi connectivity index (χ0v) is 14.2. The molecule has 1 N–H and O–H groups in total. The highest BCUT2D eigenvalue weighted by molar-refractivity contribution is 9.08. The molecule has 0 bridgehead atoms. The number of anilines is 1. The smallest absolute Gasteiger partial charge is 0.249 e. The van der Waals surface area contributed by atoms with Gasteiger partial charge in [0.05, 0.1) is 6.04 Å². The van der Waals surface area contributed by atoms with E-state index in [2.05, 4.69) is 61.7 Å². The van der Waals surface area contributed by atoms with Crippen molar-refractivity contribution in [3.63, 3.8) is 0 Å². The molecule has 1 aliphatic carbocycles. The van der Waals surface area contributed by atoms with Gasteiger partial charge in [-0.15, -0.1) is 5.10 Å². The molecule has 0 saturated heterocycles. The first-order chi connectivity index (χ1) is 11.2. The molecule has 23 heavy (non-hydrogen) atoms. The number of benzene rings is 1. The fraction of sp³-hybridized carbons (Fsp3) is 0.353. The van der Waals surface area contributed by atoms with Crippen LogP contribution in [0, 0.1) is 5.92 Å². The number of fused-ring (bicyclic) bond motifs is 1. The first-order valence-corrected chi connectivity index (χ1v) is 8.95. The van der Waals surface area contributed by atoms with E-state index in [0.717, 1.165) is 30.4 Å². The Morgan fingerprint density at radius 1 is 1.30 bits per heavy atom. The largest absolute Gasteiger partial charge is 0.293 e. The van der Waals surface area contributed by atoms with E-state index < -0.39 is 0 Å². The molecule has 2 aliphatic rings. The number of carbonyl (C=O) groups excluding carboxylic acids is 1. The molecule has 2 aromatic rings. The predicted octanol–water partition coefficient (Wildman–Crippen LogP) is 3.53. The molecule has 1 saturated carbocycles.